The van der Waals surface area contributed by atoms with Gasteiger partial charge in [-0.15, -0.1) is 12.4 Å². The number of amides is 1. The van der Waals surface area contributed by atoms with Crippen LogP contribution in [0.5, 0.6) is 5.75 Å². The minimum atomic E-state index is -3.76. The molecule has 3 rings (SSSR count). The Labute approximate surface area is 173 Å². The van der Waals surface area contributed by atoms with E-state index in [-0.39, 0.29) is 47.0 Å². The van der Waals surface area contributed by atoms with Gasteiger partial charge in [-0.05, 0) is 56.3 Å². The van der Waals surface area contributed by atoms with Gasteiger partial charge in [-0.2, -0.15) is 0 Å². The quantitative estimate of drug-likeness (QED) is 0.612. The van der Waals surface area contributed by atoms with Crippen molar-refractivity contribution in [1.82, 2.24) is 10.0 Å². The molecule has 1 aromatic rings. The van der Waals surface area contributed by atoms with Crippen LogP contribution in [0.2, 0.25) is 0 Å². The lowest BCUT2D eigenvalue weighted by atomic mass is 10.0. The van der Waals surface area contributed by atoms with Gasteiger partial charge in [0.2, 0.25) is 10.0 Å². The fourth-order valence-corrected chi connectivity index (χ4v) is 5.62. The maximum Gasteiger partial charge on any atom is 0.251 e. The lowest BCUT2D eigenvalue weighted by molar-refractivity contribution is 0.0928. The van der Waals surface area contributed by atoms with Crippen LogP contribution >= 0.6 is 12.4 Å². The molecule has 2 atom stereocenters. The first-order valence-electron chi connectivity index (χ1n) is 9.66. The Morgan fingerprint density at radius 2 is 1.89 bits per heavy atom. The smallest absolute Gasteiger partial charge is 0.251 e. The number of rotatable bonds is 7. The largest absolute Gasteiger partial charge is 0.495 e. The van der Waals surface area contributed by atoms with Crippen LogP contribution in [0.15, 0.2) is 23.1 Å². The average molecular weight is 432 g/mol. The molecule has 2 aliphatic rings. The molecule has 28 heavy (non-hydrogen) atoms. The third kappa shape index (κ3) is 5.17. The van der Waals surface area contributed by atoms with Crippen molar-refractivity contribution in [2.75, 3.05) is 13.7 Å². The second-order valence-corrected chi connectivity index (χ2v) is 9.16. The van der Waals surface area contributed by atoms with Gasteiger partial charge in [0.25, 0.3) is 5.91 Å². The van der Waals surface area contributed by atoms with Crippen molar-refractivity contribution in [3.05, 3.63) is 23.8 Å². The molecule has 0 bridgehead atoms. The summed E-state index contributed by atoms with van der Waals surface area (Å²) in [7, 11) is -2.34. The number of sulfonamides is 1. The van der Waals surface area contributed by atoms with Gasteiger partial charge in [-0.3, -0.25) is 4.79 Å². The van der Waals surface area contributed by atoms with E-state index >= 15 is 0 Å². The highest BCUT2D eigenvalue weighted by Gasteiger charge is 2.29. The van der Waals surface area contributed by atoms with Crippen LogP contribution in [-0.4, -0.2) is 40.1 Å². The summed E-state index contributed by atoms with van der Waals surface area (Å²) in [4.78, 5) is 12.7. The van der Waals surface area contributed by atoms with E-state index in [1.165, 1.54) is 19.2 Å². The van der Waals surface area contributed by atoms with Gasteiger partial charge in [0, 0.05) is 17.6 Å². The third-order valence-corrected chi connectivity index (χ3v) is 7.21. The van der Waals surface area contributed by atoms with Gasteiger partial charge in [-0.1, -0.05) is 19.3 Å². The number of nitrogens with two attached hydrogens (primary N) is 1. The summed E-state index contributed by atoms with van der Waals surface area (Å²) in [6.45, 7) is 0.540. The van der Waals surface area contributed by atoms with E-state index in [4.69, 9.17) is 10.5 Å². The minimum absolute atomic E-state index is 0. The molecule has 9 heteroatoms. The first-order chi connectivity index (χ1) is 12.9. The third-order valence-electron chi connectivity index (χ3n) is 5.67. The number of halogens is 1. The number of carbonyl (C=O) groups is 1. The number of methoxy groups -OCH3 is 1. The Bertz CT molecular complexity index is 781. The van der Waals surface area contributed by atoms with Gasteiger partial charge >= 0.3 is 0 Å². The highest BCUT2D eigenvalue weighted by molar-refractivity contribution is 7.89. The highest BCUT2D eigenvalue weighted by atomic mass is 35.5. The first kappa shape index (κ1) is 22.9. The number of ether oxygens (including phenoxy) is 1. The molecule has 1 aromatic carbocycles. The molecule has 2 unspecified atom stereocenters. The zero-order valence-corrected chi connectivity index (χ0v) is 17.8. The van der Waals surface area contributed by atoms with Crippen LogP contribution in [0.1, 0.15) is 55.3 Å². The summed E-state index contributed by atoms with van der Waals surface area (Å²) in [5.41, 5.74) is 6.09. The number of carbonyl (C=O) groups excluding carboxylic acids is 1. The lowest BCUT2D eigenvalue weighted by Crippen LogP contribution is -2.40. The van der Waals surface area contributed by atoms with E-state index in [0.717, 1.165) is 44.9 Å². The van der Waals surface area contributed by atoms with Crippen molar-refractivity contribution >= 4 is 28.3 Å². The summed E-state index contributed by atoms with van der Waals surface area (Å²) in [5.74, 6) is 0.234. The van der Waals surface area contributed by atoms with Gasteiger partial charge in [-0.25, -0.2) is 13.1 Å². The second-order valence-electron chi connectivity index (χ2n) is 7.47. The summed E-state index contributed by atoms with van der Waals surface area (Å²) in [6.07, 6.45) is 6.67. The van der Waals surface area contributed by atoms with Crippen molar-refractivity contribution in [1.29, 1.82) is 0 Å². The van der Waals surface area contributed by atoms with Crippen molar-refractivity contribution in [2.45, 2.75) is 61.9 Å². The Hall–Kier alpha value is -1.35. The van der Waals surface area contributed by atoms with Gasteiger partial charge in [0.1, 0.15) is 10.6 Å². The standard InChI is InChI=1S/C19H29N3O4S.ClH/c1-26-17-10-9-13(19(23)21-16-8-4-5-14(16)12-20)11-18(17)27(24,25)22-15-6-2-3-7-15;/h9-11,14-16,22H,2-8,12,20H2,1H3,(H,21,23);1H. The molecule has 0 aliphatic heterocycles. The summed E-state index contributed by atoms with van der Waals surface area (Å²) in [6, 6.07) is 4.52. The Kier molecular flexibility index (Phi) is 8.12. The molecule has 0 radical (unpaired) electrons. The molecule has 0 aromatic heterocycles. The molecule has 7 nitrogen and oxygen atoms in total. The van der Waals surface area contributed by atoms with Crippen LogP contribution in [0.4, 0.5) is 0 Å². The summed E-state index contributed by atoms with van der Waals surface area (Å²) < 4.78 is 33.7. The molecule has 1 amide bonds. The summed E-state index contributed by atoms with van der Waals surface area (Å²) in [5, 5.41) is 3.01. The van der Waals surface area contributed by atoms with Crippen molar-refractivity contribution in [3.8, 4) is 5.75 Å². The lowest BCUT2D eigenvalue weighted by Gasteiger charge is -2.20. The molecule has 0 heterocycles. The minimum Gasteiger partial charge on any atom is -0.495 e. The van der Waals surface area contributed by atoms with Crippen LogP contribution in [0.25, 0.3) is 0 Å². The van der Waals surface area contributed by atoms with Crippen LogP contribution in [-0.2, 0) is 10.0 Å². The van der Waals surface area contributed by atoms with Crippen molar-refractivity contribution in [3.63, 3.8) is 0 Å². The van der Waals surface area contributed by atoms with E-state index in [9.17, 15) is 13.2 Å². The maximum atomic E-state index is 12.8. The SMILES string of the molecule is COc1ccc(C(=O)NC2CCCC2CN)cc1S(=O)(=O)NC1CCCC1.Cl. The Balaban J connectivity index is 0.00000280. The van der Waals surface area contributed by atoms with Crippen LogP contribution in [0, 0.1) is 5.92 Å². The van der Waals surface area contributed by atoms with Gasteiger partial charge < -0.3 is 15.8 Å². The molecular weight excluding hydrogens is 402 g/mol. The van der Waals surface area contributed by atoms with E-state index < -0.39 is 10.0 Å². The molecule has 0 saturated heterocycles. The molecule has 158 valence electrons. The predicted octanol–water partition coefficient (Wildman–Crippen LogP) is 2.20. The van der Waals surface area contributed by atoms with E-state index in [0.29, 0.717) is 12.1 Å². The van der Waals surface area contributed by atoms with Gasteiger partial charge in [0.15, 0.2) is 0 Å². The van der Waals surface area contributed by atoms with Crippen molar-refractivity contribution in [2.24, 2.45) is 11.7 Å². The molecule has 2 aliphatic carbocycles. The topological polar surface area (TPSA) is 111 Å². The molecular formula is C19H30ClN3O4S. The van der Waals surface area contributed by atoms with E-state index in [1.54, 1.807) is 6.07 Å². The molecule has 2 fully saturated rings. The Morgan fingerprint density at radius 1 is 1.18 bits per heavy atom. The first-order valence-corrected chi connectivity index (χ1v) is 11.1. The molecule has 0 spiro atoms. The maximum absolute atomic E-state index is 12.8. The predicted molar refractivity (Wildman–Crippen MR) is 110 cm³/mol. The average Bonchev–Trinajstić information content (AvgIpc) is 3.32. The van der Waals surface area contributed by atoms with Gasteiger partial charge in [0.05, 0.1) is 7.11 Å². The van der Waals surface area contributed by atoms with Crippen LogP contribution < -0.4 is 20.5 Å². The molecule has 4 N–H and O–H groups in total. The highest BCUT2D eigenvalue weighted by Crippen LogP contribution is 2.28. The second kappa shape index (κ2) is 9.91. The zero-order chi connectivity index (χ0) is 19.4. The number of hydrogen-bond acceptors (Lipinski definition) is 5. The molecule has 2 saturated carbocycles. The van der Waals surface area contributed by atoms with Crippen LogP contribution in [0.3, 0.4) is 0 Å². The Morgan fingerprint density at radius 3 is 2.54 bits per heavy atom. The van der Waals surface area contributed by atoms with E-state index in [1.807, 2.05) is 0 Å². The van der Waals surface area contributed by atoms with E-state index in [2.05, 4.69) is 10.0 Å². The number of hydrogen-bond donors (Lipinski definition) is 3. The number of benzene rings is 1. The zero-order valence-electron chi connectivity index (χ0n) is 16.1. The number of nitrogens with one attached hydrogen (secondary N) is 2. The fraction of sp³-hybridized carbons (Fsp3) is 0.632. The fourth-order valence-electron chi connectivity index (χ4n) is 4.12. The monoisotopic (exact) mass is 431 g/mol. The summed E-state index contributed by atoms with van der Waals surface area (Å²) >= 11 is 0. The van der Waals surface area contributed by atoms with Crippen molar-refractivity contribution < 1.29 is 17.9 Å². The normalized spacial score (nSPS) is 22.6.